The van der Waals surface area contributed by atoms with Crippen molar-refractivity contribution in [3.63, 3.8) is 0 Å². The number of sulfone groups is 1. The molecule has 1 aliphatic heterocycles. The van der Waals surface area contributed by atoms with Crippen molar-refractivity contribution in [3.8, 4) is 5.75 Å². The van der Waals surface area contributed by atoms with Crippen LogP contribution in [0.3, 0.4) is 0 Å². The van der Waals surface area contributed by atoms with Gasteiger partial charge < -0.3 is 9.47 Å². The number of hydrogen-bond acceptors (Lipinski definition) is 7. The van der Waals surface area contributed by atoms with Gasteiger partial charge in [0, 0.05) is 13.0 Å². The van der Waals surface area contributed by atoms with E-state index < -0.39 is 9.84 Å². The maximum absolute atomic E-state index is 13.3. The average Bonchev–Trinajstić information content (AvgIpc) is 3.49. The molecule has 3 aromatic rings. The van der Waals surface area contributed by atoms with Gasteiger partial charge in [0.25, 0.3) is 0 Å². The van der Waals surface area contributed by atoms with E-state index in [1.807, 2.05) is 26.0 Å². The predicted molar refractivity (Wildman–Crippen MR) is 130 cm³/mol. The van der Waals surface area contributed by atoms with Crippen LogP contribution in [0.15, 0.2) is 41.3 Å². The molecule has 2 aromatic carbocycles. The van der Waals surface area contributed by atoms with E-state index in [1.165, 1.54) is 30.6 Å². The number of carbonyl (C=O) groups excluding carboxylic acids is 1. The van der Waals surface area contributed by atoms with Gasteiger partial charge in [-0.2, -0.15) is 0 Å². The number of rotatable bonds is 8. The number of aryl methyl sites for hydroxylation is 2. The van der Waals surface area contributed by atoms with Crippen molar-refractivity contribution in [2.24, 2.45) is 0 Å². The molecule has 1 saturated heterocycles. The largest absolute Gasteiger partial charge is 0.497 e. The van der Waals surface area contributed by atoms with Crippen LogP contribution in [0.1, 0.15) is 30.4 Å². The Balaban J connectivity index is 1.57. The summed E-state index contributed by atoms with van der Waals surface area (Å²) in [5, 5.41) is 0.588. The minimum atomic E-state index is -3.61. The number of benzene rings is 2. The van der Waals surface area contributed by atoms with Gasteiger partial charge in [-0.05, 0) is 62.1 Å². The molecule has 0 bridgehead atoms. The molecule has 2 heterocycles. The Morgan fingerprint density at radius 1 is 1.18 bits per heavy atom. The third-order valence-corrected chi connectivity index (χ3v) is 8.82. The number of hydrogen-bond donors (Lipinski definition) is 0. The van der Waals surface area contributed by atoms with E-state index in [0.29, 0.717) is 24.0 Å². The summed E-state index contributed by atoms with van der Waals surface area (Å²) in [5.41, 5.74) is 3.03. The van der Waals surface area contributed by atoms with Crippen LogP contribution in [0.5, 0.6) is 5.75 Å². The molecule has 0 spiro atoms. The SMILES string of the molecule is COc1ccc(S(=O)(=O)CCC(=O)N(CC2CCCO2)c2nc3c(C)ccc(C)c3s2)cc1. The zero-order valence-corrected chi connectivity index (χ0v) is 20.7. The van der Waals surface area contributed by atoms with Gasteiger partial charge >= 0.3 is 0 Å². The molecule has 1 unspecified atom stereocenters. The molecule has 7 nitrogen and oxygen atoms in total. The summed E-state index contributed by atoms with van der Waals surface area (Å²) in [6, 6.07) is 10.3. The second-order valence-corrected chi connectivity index (χ2v) is 11.3. The number of anilines is 1. The molecule has 9 heteroatoms. The number of thiazole rings is 1. The predicted octanol–water partition coefficient (Wildman–Crippen LogP) is 4.30. The molecule has 176 valence electrons. The van der Waals surface area contributed by atoms with Gasteiger partial charge in [0.15, 0.2) is 15.0 Å². The van der Waals surface area contributed by atoms with Gasteiger partial charge in [0.05, 0.1) is 40.6 Å². The van der Waals surface area contributed by atoms with Crippen molar-refractivity contribution in [1.29, 1.82) is 0 Å². The molecule has 0 aliphatic carbocycles. The highest BCUT2D eigenvalue weighted by molar-refractivity contribution is 7.91. The van der Waals surface area contributed by atoms with Gasteiger partial charge in [-0.1, -0.05) is 23.5 Å². The lowest BCUT2D eigenvalue weighted by Gasteiger charge is -2.23. The van der Waals surface area contributed by atoms with Crippen LogP contribution in [-0.4, -0.2) is 51.4 Å². The molecule has 1 aliphatic rings. The highest BCUT2D eigenvalue weighted by atomic mass is 32.2. The second kappa shape index (κ2) is 9.79. The van der Waals surface area contributed by atoms with Crippen LogP contribution in [0.2, 0.25) is 0 Å². The summed E-state index contributed by atoms with van der Waals surface area (Å²) in [7, 11) is -2.09. The fourth-order valence-electron chi connectivity index (χ4n) is 3.90. The van der Waals surface area contributed by atoms with Gasteiger partial charge in [-0.25, -0.2) is 13.4 Å². The summed E-state index contributed by atoms with van der Waals surface area (Å²) < 4.78 is 37.5. The molecule has 1 fully saturated rings. The summed E-state index contributed by atoms with van der Waals surface area (Å²) >= 11 is 1.47. The van der Waals surface area contributed by atoms with E-state index in [2.05, 4.69) is 0 Å². The minimum Gasteiger partial charge on any atom is -0.497 e. The first-order valence-electron chi connectivity index (χ1n) is 10.9. The molecule has 0 N–H and O–H groups in total. The summed E-state index contributed by atoms with van der Waals surface area (Å²) in [4.78, 5) is 19.9. The van der Waals surface area contributed by atoms with Crippen molar-refractivity contribution in [3.05, 3.63) is 47.5 Å². The summed E-state index contributed by atoms with van der Waals surface area (Å²) in [6.07, 6.45) is 1.63. The second-order valence-electron chi connectivity index (χ2n) is 8.26. The normalized spacial score (nSPS) is 16.3. The first kappa shape index (κ1) is 23.7. The molecule has 33 heavy (non-hydrogen) atoms. The number of ether oxygens (including phenoxy) is 2. The number of methoxy groups -OCH3 is 1. The summed E-state index contributed by atoms with van der Waals surface area (Å²) in [6.45, 7) is 5.08. The van der Waals surface area contributed by atoms with E-state index in [4.69, 9.17) is 14.5 Å². The van der Waals surface area contributed by atoms with Crippen molar-refractivity contribution >= 4 is 42.4 Å². The van der Waals surface area contributed by atoms with E-state index in [1.54, 1.807) is 17.0 Å². The Hall–Kier alpha value is -2.49. The maximum atomic E-state index is 13.3. The number of carbonyl (C=O) groups is 1. The maximum Gasteiger partial charge on any atom is 0.229 e. The van der Waals surface area contributed by atoms with Crippen molar-refractivity contribution in [1.82, 2.24) is 4.98 Å². The lowest BCUT2D eigenvalue weighted by atomic mass is 10.1. The standard InChI is InChI=1S/C24H28N2O5S2/c1-16-6-7-17(2)23-22(16)25-24(32-23)26(15-19-5-4-13-31-19)21(27)12-14-33(28,29)20-10-8-18(30-3)9-11-20/h6-11,19H,4-5,12-15H2,1-3H3. The van der Waals surface area contributed by atoms with Gasteiger partial charge in [0.2, 0.25) is 5.91 Å². The number of nitrogens with zero attached hydrogens (tertiary/aromatic N) is 2. The molecular formula is C24H28N2O5S2. The van der Waals surface area contributed by atoms with Gasteiger partial charge in [-0.3, -0.25) is 9.69 Å². The Morgan fingerprint density at radius 2 is 1.91 bits per heavy atom. The minimum absolute atomic E-state index is 0.0682. The molecule has 1 atom stereocenters. The highest BCUT2D eigenvalue weighted by Crippen LogP contribution is 2.34. The van der Waals surface area contributed by atoms with Crippen molar-refractivity contribution < 1.29 is 22.7 Å². The van der Waals surface area contributed by atoms with Crippen LogP contribution in [0.4, 0.5) is 5.13 Å². The van der Waals surface area contributed by atoms with E-state index in [9.17, 15) is 13.2 Å². The number of amides is 1. The van der Waals surface area contributed by atoms with E-state index >= 15 is 0 Å². The van der Waals surface area contributed by atoms with Crippen molar-refractivity contribution in [2.75, 3.05) is 30.9 Å². The smallest absolute Gasteiger partial charge is 0.229 e. The molecule has 0 saturated carbocycles. The Kier molecular flexibility index (Phi) is 7.02. The zero-order valence-electron chi connectivity index (χ0n) is 19.0. The Labute approximate surface area is 198 Å². The molecule has 1 amide bonds. The van der Waals surface area contributed by atoms with Crippen LogP contribution in [0.25, 0.3) is 10.2 Å². The first-order valence-corrected chi connectivity index (χ1v) is 13.4. The third-order valence-electron chi connectivity index (χ3n) is 5.88. The Bertz CT molecular complexity index is 1210. The van der Waals surface area contributed by atoms with Gasteiger partial charge in [0.1, 0.15) is 5.75 Å². The van der Waals surface area contributed by atoms with Crippen molar-refractivity contribution in [2.45, 2.75) is 44.1 Å². The van der Waals surface area contributed by atoms with Crippen LogP contribution in [0, 0.1) is 13.8 Å². The first-order chi connectivity index (χ1) is 15.8. The van der Waals surface area contributed by atoms with E-state index in [0.717, 1.165) is 34.2 Å². The molecule has 1 aromatic heterocycles. The average molecular weight is 489 g/mol. The summed E-state index contributed by atoms with van der Waals surface area (Å²) in [5.74, 6) is 0.0366. The van der Waals surface area contributed by atoms with Crippen LogP contribution in [-0.2, 0) is 19.4 Å². The zero-order chi connectivity index (χ0) is 23.6. The fourth-order valence-corrected chi connectivity index (χ4v) is 6.27. The van der Waals surface area contributed by atoms with Crippen LogP contribution >= 0.6 is 11.3 Å². The number of fused-ring (bicyclic) bond motifs is 1. The Morgan fingerprint density at radius 3 is 2.55 bits per heavy atom. The number of aromatic nitrogens is 1. The lowest BCUT2D eigenvalue weighted by Crippen LogP contribution is -2.38. The quantitative estimate of drug-likeness (QED) is 0.470. The highest BCUT2D eigenvalue weighted by Gasteiger charge is 2.28. The molecular weight excluding hydrogens is 460 g/mol. The monoisotopic (exact) mass is 488 g/mol. The fraction of sp³-hybridized carbons (Fsp3) is 0.417. The topological polar surface area (TPSA) is 85.8 Å². The molecule has 4 rings (SSSR count). The third kappa shape index (κ3) is 5.20. The molecule has 0 radical (unpaired) electrons. The van der Waals surface area contributed by atoms with E-state index in [-0.39, 0.29) is 29.1 Å². The lowest BCUT2D eigenvalue weighted by molar-refractivity contribution is -0.118. The van der Waals surface area contributed by atoms with Crippen LogP contribution < -0.4 is 9.64 Å². The van der Waals surface area contributed by atoms with Gasteiger partial charge in [-0.15, -0.1) is 0 Å².